The fraction of sp³-hybridized carbons (Fsp3) is 0.577. The maximum atomic E-state index is 14.7. The van der Waals surface area contributed by atoms with Crippen molar-refractivity contribution in [2.45, 2.75) is 38.5 Å². The van der Waals surface area contributed by atoms with Crippen LogP contribution in [0.2, 0.25) is 0 Å². The first kappa shape index (κ1) is 24.5. The van der Waals surface area contributed by atoms with Gasteiger partial charge in [0.05, 0.1) is 6.42 Å². The number of carbonyl (C=O) groups excluding carboxylic acids is 1. The Hall–Kier alpha value is -2.58. The second-order valence-electron chi connectivity index (χ2n) is 9.49. The highest BCUT2D eigenvalue weighted by Gasteiger charge is 2.16. The van der Waals surface area contributed by atoms with Gasteiger partial charge in [-0.05, 0) is 31.5 Å². The summed E-state index contributed by atoms with van der Waals surface area (Å²) < 4.78 is 20.5. The monoisotopic (exact) mass is 469 g/mol. The third kappa shape index (κ3) is 7.21. The van der Waals surface area contributed by atoms with Gasteiger partial charge < -0.3 is 15.0 Å². The predicted molar refractivity (Wildman–Crippen MR) is 130 cm³/mol. The number of benzene rings is 1. The van der Waals surface area contributed by atoms with E-state index in [1.165, 1.54) is 31.7 Å². The van der Waals surface area contributed by atoms with Crippen molar-refractivity contribution in [3.8, 4) is 16.9 Å². The van der Waals surface area contributed by atoms with Crippen LogP contribution >= 0.6 is 0 Å². The van der Waals surface area contributed by atoms with E-state index in [0.717, 1.165) is 45.1 Å². The van der Waals surface area contributed by atoms with Crippen LogP contribution in [0.15, 0.2) is 30.6 Å². The Morgan fingerprint density at radius 2 is 1.88 bits per heavy atom. The zero-order chi connectivity index (χ0) is 23.8. The standard InChI is InChI=1S/C26H36FN5O2/c1-31-10-12-32(13-11-31)14-15-34-22-6-7-23(24(27)16-22)21-18-29-25(30-19-21)17-26(33)28-9-8-20-4-2-3-5-20/h6-7,16,18-20H,2-5,8-15,17H2,1H3,(H,28,33). The molecule has 184 valence electrons. The molecule has 0 bridgehead atoms. The average Bonchev–Trinajstić information content (AvgIpc) is 3.35. The zero-order valence-corrected chi connectivity index (χ0v) is 20.1. The Morgan fingerprint density at radius 1 is 1.15 bits per heavy atom. The van der Waals surface area contributed by atoms with Crippen molar-refractivity contribution < 1.29 is 13.9 Å². The van der Waals surface area contributed by atoms with Crippen LogP contribution < -0.4 is 10.1 Å². The van der Waals surface area contributed by atoms with E-state index in [0.29, 0.717) is 35.9 Å². The number of amides is 1. The highest BCUT2D eigenvalue weighted by molar-refractivity contribution is 5.77. The number of nitrogens with one attached hydrogen (secondary N) is 1. The molecule has 1 aliphatic heterocycles. The van der Waals surface area contributed by atoms with Crippen LogP contribution in [-0.2, 0) is 11.2 Å². The number of rotatable bonds is 10. The SMILES string of the molecule is CN1CCN(CCOc2ccc(-c3cnc(CC(=O)NCCC4CCCC4)nc3)c(F)c2)CC1. The predicted octanol–water partition coefficient (Wildman–Crippen LogP) is 3.15. The van der Waals surface area contributed by atoms with Gasteiger partial charge in [-0.3, -0.25) is 9.69 Å². The zero-order valence-electron chi connectivity index (χ0n) is 20.1. The number of hydrogen-bond donors (Lipinski definition) is 1. The highest BCUT2D eigenvalue weighted by atomic mass is 19.1. The van der Waals surface area contributed by atoms with Crippen LogP contribution in [0.25, 0.3) is 11.1 Å². The molecule has 2 aromatic rings. The molecule has 1 aromatic heterocycles. The summed E-state index contributed by atoms with van der Waals surface area (Å²) in [4.78, 5) is 25.4. The minimum Gasteiger partial charge on any atom is -0.492 e. The van der Waals surface area contributed by atoms with Crippen LogP contribution in [0.5, 0.6) is 5.75 Å². The number of ether oxygens (including phenoxy) is 1. The van der Waals surface area contributed by atoms with E-state index in [4.69, 9.17) is 4.74 Å². The fourth-order valence-corrected chi connectivity index (χ4v) is 4.69. The van der Waals surface area contributed by atoms with Gasteiger partial charge in [-0.1, -0.05) is 25.7 Å². The molecule has 4 rings (SSSR count). The summed E-state index contributed by atoms with van der Waals surface area (Å²) in [6, 6.07) is 4.87. The van der Waals surface area contributed by atoms with Gasteiger partial charge in [0.15, 0.2) is 0 Å². The average molecular weight is 470 g/mol. The molecule has 2 heterocycles. The molecule has 2 fully saturated rings. The fourth-order valence-electron chi connectivity index (χ4n) is 4.69. The topological polar surface area (TPSA) is 70.6 Å². The smallest absolute Gasteiger partial charge is 0.227 e. The van der Waals surface area contributed by atoms with E-state index >= 15 is 0 Å². The van der Waals surface area contributed by atoms with Crippen LogP contribution in [0, 0.1) is 11.7 Å². The first-order valence-electron chi connectivity index (χ1n) is 12.5. The molecule has 1 N–H and O–H groups in total. The summed E-state index contributed by atoms with van der Waals surface area (Å²) in [6.45, 7) is 6.27. The molecule has 34 heavy (non-hydrogen) atoms. The normalized spacial score (nSPS) is 17.7. The van der Waals surface area contributed by atoms with Gasteiger partial charge in [0, 0.05) is 68.9 Å². The van der Waals surface area contributed by atoms with Crippen LogP contribution in [0.3, 0.4) is 0 Å². The minimum atomic E-state index is -0.377. The van der Waals surface area contributed by atoms with Gasteiger partial charge in [0.1, 0.15) is 24.0 Å². The van der Waals surface area contributed by atoms with Crippen molar-refractivity contribution in [2.24, 2.45) is 5.92 Å². The van der Waals surface area contributed by atoms with E-state index in [1.54, 1.807) is 24.5 Å². The van der Waals surface area contributed by atoms with Crippen LogP contribution in [0.4, 0.5) is 4.39 Å². The number of carbonyl (C=O) groups is 1. The van der Waals surface area contributed by atoms with E-state index in [9.17, 15) is 9.18 Å². The first-order chi connectivity index (χ1) is 16.6. The van der Waals surface area contributed by atoms with E-state index in [1.807, 2.05) is 0 Å². The Balaban J connectivity index is 1.22. The quantitative estimate of drug-likeness (QED) is 0.577. The summed E-state index contributed by atoms with van der Waals surface area (Å²) in [7, 11) is 2.13. The molecule has 1 amide bonds. The number of likely N-dealkylation sites (N-methyl/N-ethyl adjacent to an activating group) is 1. The molecule has 0 spiro atoms. The lowest BCUT2D eigenvalue weighted by atomic mass is 10.0. The highest BCUT2D eigenvalue weighted by Crippen LogP contribution is 2.27. The van der Waals surface area contributed by atoms with Crippen molar-refractivity contribution in [2.75, 3.05) is 52.9 Å². The summed E-state index contributed by atoms with van der Waals surface area (Å²) in [6.07, 6.45) is 9.49. The molecule has 0 radical (unpaired) electrons. The van der Waals surface area contributed by atoms with Gasteiger partial charge in [-0.15, -0.1) is 0 Å². The molecule has 8 heteroatoms. The Labute approximate surface area is 201 Å². The lowest BCUT2D eigenvalue weighted by molar-refractivity contribution is -0.120. The largest absolute Gasteiger partial charge is 0.492 e. The summed E-state index contributed by atoms with van der Waals surface area (Å²) in [5.74, 6) is 1.25. The van der Waals surface area contributed by atoms with Gasteiger partial charge in [-0.25, -0.2) is 14.4 Å². The van der Waals surface area contributed by atoms with E-state index in [2.05, 4.69) is 32.1 Å². The third-order valence-corrected chi connectivity index (χ3v) is 6.90. The number of piperazine rings is 1. The molecule has 7 nitrogen and oxygen atoms in total. The lowest BCUT2D eigenvalue weighted by Gasteiger charge is -2.32. The van der Waals surface area contributed by atoms with Crippen LogP contribution in [-0.4, -0.2) is 78.6 Å². The number of nitrogens with zero attached hydrogens (tertiary/aromatic N) is 4. The van der Waals surface area contributed by atoms with Crippen molar-refractivity contribution in [3.63, 3.8) is 0 Å². The Morgan fingerprint density at radius 3 is 2.59 bits per heavy atom. The number of aromatic nitrogens is 2. The van der Waals surface area contributed by atoms with Gasteiger partial charge >= 0.3 is 0 Å². The molecule has 0 unspecified atom stereocenters. The maximum absolute atomic E-state index is 14.7. The van der Waals surface area contributed by atoms with Crippen LogP contribution in [0.1, 0.15) is 37.9 Å². The summed E-state index contributed by atoms with van der Waals surface area (Å²) in [5, 5.41) is 2.96. The van der Waals surface area contributed by atoms with Gasteiger partial charge in [-0.2, -0.15) is 0 Å². The molecule has 0 atom stereocenters. The molecule has 1 aliphatic carbocycles. The van der Waals surface area contributed by atoms with Crippen molar-refractivity contribution in [3.05, 3.63) is 42.2 Å². The summed E-state index contributed by atoms with van der Waals surface area (Å²) in [5.41, 5.74) is 0.992. The molecule has 1 saturated carbocycles. The number of halogens is 1. The number of hydrogen-bond acceptors (Lipinski definition) is 6. The first-order valence-corrected chi connectivity index (χ1v) is 12.5. The molecule has 2 aliphatic rings. The second-order valence-corrected chi connectivity index (χ2v) is 9.49. The second kappa shape index (κ2) is 12.2. The van der Waals surface area contributed by atoms with Crippen molar-refractivity contribution in [1.82, 2.24) is 25.1 Å². The minimum absolute atomic E-state index is 0.0741. The van der Waals surface area contributed by atoms with Gasteiger partial charge in [0.2, 0.25) is 5.91 Å². The maximum Gasteiger partial charge on any atom is 0.227 e. The van der Waals surface area contributed by atoms with E-state index < -0.39 is 0 Å². The third-order valence-electron chi connectivity index (χ3n) is 6.90. The molecular formula is C26H36FN5O2. The summed E-state index contributed by atoms with van der Waals surface area (Å²) >= 11 is 0. The lowest BCUT2D eigenvalue weighted by Crippen LogP contribution is -2.45. The van der Waals surface area contributed by atoms with E-state index in [-0.39, 0.29) is 18.1 Å². The van der Waals surface area contributed by atoms with Crippen molar-refractivity contribution in [1.29, 1.82) is 0 Å². The van der Waals surface area contributed by atoms with Gasteiger partial charge in [0.25, 0.3) is 0 Å². The Kier molecular flexibility index (Phi) is 8.82. The molecular weight excluding hydrogens is 433 g/mol. The molecule has 1 saturated heterocycles. The Bertz CT molecular complexity index is 925. The molecule has 1 aromatic carbocycles. The van der Waals surface area contributed by atoms with Crippen molar-refractivity contribution >= 4 is 5.91 Å².